The number of benzene rings is 1. The Morgan fingerprint density at radius 1 is 1.50 bits per heavy atom. The van der Waals surface area contributed by atoms with Crippen LogP contribution in [0.3, 0.4) is 0 Å². The second-order valence-corrected chi connectivity index (χ2v) is 5.37. The van der Waals surface area contributed by atoms with Gasteiger partial charge in [-0.05, 0) is 47.5 Å². The van der Waals surface area contributed by atoms with Crippen LogP contribution in [0.2, 0.25) is 0 Å². The van der Waals surface area contributed by atoms with E-state index in [0.717, 1.165) is 14.6 Å². The molecule has 0 amide bonds. The molecule has 1 aromatic rings. The topological polar surface area (TPSA) is 49.3 Å². The van der Waals surface area contributed by atoms with Crippen molar-refractivity contribution < 1.29 is 9.90 Å². The first-order valence-corrected chi connectivity index (χ1v) is 6.51. The molecule has 0 spiro atoms. The highest BCUT2D eigenvalue weighted by molar-refractivity contribution is 9.11. The van der Waals surface area contributed by atoms with Crippen molar-refractivity contribution in [1.82, 2.24) is 0 Å². The number of anilines is 1. The molecule has 0 heterocycles. The Bertz CT molecular complexity index is 382. The highest BCUT2D eigenvalue weighted by atomic mass is 79.9. The monoisotopic (exact) mass is 349 g/mol. The van der Waals surface area contributed by atoms with Gasteiger partial charge in [0, 0.05) is 27.1 Å². The zero-order valence-corrected chi connectivity index (χ0v) is 12.0. The van der Waals surface area contributed by atoms with E-state index in [1.165, 1.54) is 0 Å². The van der Waals surface area contributed by atoms with Crippen molar-refractivity contribution in [2.45, 2.75) is 25.8 Å². The molecule has 0 aliphatic heterocycles. The predicted molar refractivity (Wildman–Crippen MR) is 71.8 cm³/mol. The van der Waals surface area contributed by atoms with Crippen LogP contribution >= 0.6 is 31.9 Å². The predicted octanol–water partition coefficient (Wildman–Crippen LogP) is 3.88. The van der Waals surface area contributed by atoms with Gasteiger partial charge in [0.05, 0.1) is 0 Å². The quantitative estimate of drug-likeness (QED) is 0.847. The minimum Gasteiger partial charge on any atom is -0.481 e. The normalized spacial score (nSPS) is 12.2. The standard InChI is InChI=1S/C11H13Br2NO2/c1-7(2-5-11(15)16)14-10-4-3-8(12)6-9(10)13/h3-4,6-7,14H,2,5H2,1H3,(H,15,16). The maximum atomic E-state index is 10.4. The zero-order valence-electron chi connectivity index (χ0n) is 8.84. The van der Waals surface area contributed by atoms with Crippen LogP contribution in [0.5, 0.6) is 0 Å². The fourth-order valence-electron chi connectivity index (χ4n) is 1.28. The van der Waals surface area contributed by atoms with Crippen LogP contribution in [0.25, 0.3) is 0 Å². The van der Waals surface area contributed by atoms with E-state index in [-0.39, 0.29) is 12.5 Å². The van der Waals surface area contributed by atoms with Gasteiger partial charge in [0.1, 0.15) is 0 Å². The third-order valence-corrected chi connectivity index (χ3v) is 3.27. The van der Waals surface area contributed by atoms with Gasteiger partial charge in [0.2, 0.25) is 0 Å². The summed E-state index contributed by atoms with van der Waals surface area (Å²) >= 11 is 6.82. The lowest BCUT2D eigenvalue weighted by atomic mass is 10.1. The second-order valence-electron chi connectivity index (χ2n) is 3.60. The molecule has 0 saturated heterocycles. The molecule has 0 saturated carbocycles. The highest BCUT2D eigenvalue weighted by Crippen LogP contribution is 2.27. The third kappa shape index (κ3) is 4.53. The van der Waals surface area contributed by atoms with Crippen molar-refractivity contribution in [1.29, 1.82) is 0 Å². The SMILES string of the molecule is CC(CCC(=O)O)Nc1ccc(Br)cc1Br. The molecule has 1 rings (SSSR count). The first-order chi connectivity index (χ1) is 7.49. The minimum absolute atomic E-state index is 0.133. The Labute approximate surface area is 111 Å². The van der Waals surface area contributed by atoms with E-state index >= 15 is 0 Å². The molecule has 1 unspecified atom stereocenters. The number of carbonyl (C=O) groups is 1. The average Bonchev–Trinajstić information content (AvgIpc) is 2.19. The molecule has 3 nitrogen and oxygen atoms in total. The van der Waals surface area contributed by atoms with Crippen LogP contribution in [0.4, 0.5) is 5.69 Å². The molecule has 5 heteroatoms. The number of carboxylic acid groups (broad SMARTS) is 1. The van der Waals surface area contributed by atoms with Gasteiger partial charge in [-0.15, -0.1) is 0 Å². The summed E-state index contributed by atoms with van der Waals surface area (Å²) in [5, 5.41) is 11.8. The van der Waals surface area contributed by atoms with E-state index in [2.05, 4.69) is 37.2 Å². The van der Waals surface area contributed by atoms with Crippen molar-refractivity contribution in [2.75, 3.05) is 5.32 Å². The summed E-state index contributed by atoms with van der Waals surface area (Å²) in [5.74, 6) is -0.761. The summed E-state index contributed by atoms with van der Waals surface area (Å²) in [5.41, 5.74) is 0.973. The first kappa shape index (κ1) is 13.5. The highest BCUT2D eigenvalue weighted by Gasteiger charge is 2.07. The maximum Gasteiger partial charge on any atom is 0.303 e. The molecule has 2 N–H and O–H groups in total. The molecular weight excluding hydrogens is 338 g/mol. The Kier molecular flexibility index (Phi) is 5.28. The number of aliphatic carboxylic acids is 1. The van der Waals surface area contributed by atoms with E-state index < -0.39 is 5.97 Å². The van der Waals surface area contributed by atoms with Crippen LogP contribution < -0.4 is 5.32 Å². The van der Waals surface area contributed by atoms with Gasteiger partial charge in [-0.1, -0.05) is 15.9 Å². The molecule has 0 radical (unpaired) electrons. The van der Waals surface area contributed by atoms with Crippen molar-refractivity contribution >= 4 is 43.5 Å². The fourth-order valence-corrected chi connectivity index (χ4v) is 2.45. The van der Waals surface area contributed by atoms with Crippen molar-refractivity contribution in [2.24, 2.45) is 0 Å². The fraction of sp³-hybridized carbons (Fsp3) is 0.364. The minimum atomic E-state index is -0.761. The van der Waals surface area contributed by atoms with E-state index in [0.29, 0.717) is 6.42 Å². The van der Waals surface area contributed by atoms with E-state index in [1.54, 1.807) is 0 Å². The van der Waals surface area contributed by atoms with Crippen molar-refractivity contribution in [3.05, 3.63) is 27.1 Å². The van der Waals surface area contributed by atoms with Crippen LogP contribution in [-0.2, 0) is 4.79 Å². The molecule has 0 fully saturated rings. The molecule has 0 bridgehead atoms. The van der Waals surface area contributed by atoms with Gasteiger partial charge >= 0.3 is 5.97 Å². The summed E-state index contributed by atoms with van der Waals surface area (Å²) in [4.78, 5) is 10.4. The van der Waals surface area contributed by atoms with Crippen LogP contribution in [0, 0.1) is 0 Å². The van der Waals surface area contributed by atoms with E-state index in [9.17, 15) is 4.79 Å². The second kappa shape index (κ2) is 6.25. The lowest BCUT2D eigenvalue weighted by Crippen LogP contribution is -2.16. The van der Waals surface area contributed by atoms with Gasteiger partial charge in [-0.3, -0.25) is 4.79 Å². The zero-order chi connectivity index (χ0) is 12.1. The molecule has 0 aliphatic carbocycles. The van der Waals surface area contributed by atoms with Crippen LogP contribution in [0.15, 0.2) is 27.1 Å². The average molecular weight is 351 g/mol. The molecule has 1 atom stereocenters. The molecular formula is C11H13Br2NO2. The lowest BCUT2D eigenvalue weighted by Gasteiger charge is -2.15. The third-order valence-electron chi connectivity index (χ3n) is 2.12. The largest absolute Gasteiger partial charge is 0.481 e. The van der Waals surface area contributed by atoms with Gasteiger partial charge in [0.15, 0.2) is 0 Å². The summed E-state index contributed by atoms with van der Waals surface area (Å²) in [6, 6.07) is 5.97. The number of carboxylic acids is 1. The smallest absolute Gasteiger partial charge is 0.303 e. The van der Waals surface area contributed by atoms with E-state index in [1.807, 2.05) is 25.1 Å². The number of rotatable bonds is 5. The van der Waals surface area contributed by atoms with Crippen LogP contribution in [0.1, 0.15) is 19.8 Å². The molecule has 16 heavy (non-hydrogen) atoms. The number of halogens is 2. The summed E-state index contributed by atoms with van der Waals surface area (Å²) in [6.45, 7) is 1.97. The molecule has 1 aromatic carbocycles. The maximum absolute atomic E-state index is 10.4. The Morgan fingerprint density at radius 2 is 2.19 bits per heavy atom. The lowest BCUT2D eigenvalue weighted by molar-refractivity contribution is -0.137. The first-order valence-electron chi connectivity index (χ1n) is 4.92. The molecule has 0 aliphatic rings. The van der Waals surface area contributed by atoms with Gasteiger partial charge in [-0.2, -0.15) is 0 Å². The number of hydrogen-bond donors (Lipinski definition) is 2. The summed E-state index contributed by atoms with van der Waals surface area (Å²) in [6.07, 6.45) is 0.792. The van der Waals surface area contributed by atoms with Crippen molar-refractivity contribution in [3.8, 4) is 0 Å². The Hall–Kier alpha value is -0.550. The van der Waals surface area contributed by atoms with Gasteiger partial charge in [-0.25, -0.2) is 0 Å². The van der Waals surface area contributed by atoms with E-state index in [4.69, 9.17) is 5.11 Å². The Balaban J connectivity index is 2.55. The van der Waals surface area contributed by atoms with Gasteiger partial charge in [0.25, 0.3) is 0 Å². The molecule has 88 valence electrons. The van der Waals surface area contributed by atoms with Crippen molar-refractivity contribution in [3.63, 3.8) is 0 Å². The van der Waals surface area contributed by atoms with Gasteiger partial charge < -0.3 is 10.4 Å². The Morgan fingerprint density at radius 3 is 2.75 bits per heavy atom. The number of nitrogens with one attached hydrogen (secondary N) is 1. The molecule has 0 aromatic heterocycles. The summed E-state index contributed by atoms with van der Waals surface area (Å²) in [7, 11) is 0. The number of hydrogen-bond acceptors (Lipinski definition) is 2. The summed E-state index contributed by atoms with van der Waals surface area (Å²) < 4.78 is 1.96. The van der Waals surface area contributed by atoms with Crippen LogP contribution in [-0.4, -0.2) is 17.1 Å².